The van der Waals surface area contributed by atoms with E-state index in [1.54, 1.807) is 26.1 Å². The second kappa shape index (κ2) is 8.92. The van der Waals surface area contributed by atoms with E-state index in [1.165, 1.54) is 4.90 Å². The van der Waals surface area contributed by atoms with Crippen molar-refractivity contribution < 1.29 is 9.90 Å². The van der Waals surface area contributed by atoms with Gasteiger partial charge in [-0.15, -0.1) is 0 Å². The first kappa shape index (κ1) is 21.3. The van der Waals surface area contributed by atoms with Crippen LogP contribution < -0.4 is 15.5 Å². The van der Waals surface area contributed by atoms with Crippen LogP contribution >= 0.6 is 0 Å². The highest BCUT2D eigenvalue weighted by Gasteiger charge is 2.24. The minimum atomic E-state index is -0.957. The van der Waals surface area contributed by atoms with Crippen LogP contribution in [0, 0.1) is 6.92 Å². The molecule has 1 aromatic heterocycles. The van der Waals surface area contributed by atoms with Gasteiger partial charge in [0.25, 0.3) is 0 Å². The van der Waals surface area contributed by atoms with Gasteiger partial charge >= 0.3 is 6.03 Å². The van der Waals surface area contributed by atoms with Gasteiger partial charge in [0, 0.05) is 18.0 Å². The molecule has 7 nitrogen and oxygen atoms in total. The summed E-state index contributed by atoms with van der Waals surface area (Å²) in [4.78, 5) is 23.4. The van der Waals surface area contributed by atoms with E-state index in [4.69, 9.17) is 0 Å². The monoisotopic (exact) mass is 405 g/mol. The summed E-state index contributed by atoms with van der Waals surface area (Å²) in [7, 11) is 0. The van der Waals surface area contributed by atoms with E-state index in [2.05, 4.69) is 20.6 Å². The molecule has 3 rings (SSSR count). The molecule has 0 bridgehead atoms. The van der Waals surface area contributed by atoms with Crippen molar-refractivity contribution in [1.29, 1.82) is 0 Å². The third-order valence-electron chi connectivity index (χ3n) is 4.80. The zero-order valence-corrected chi connectivity index (χ0v) is 17.6. The Labute approximate surface area is 176 Å². The smallest absolute Gasteiger partial charge is 0.332 e. The average molecular weight is 406 g/mol. The van der Waals surface area contributed by atoms with Crippen molar-refractivity contribution >= 4 is 29.2 Å². The Morgan fingerprint density at radius 2 is 1.73 bits per heavy atom. The number of aryl methyl sites for hydroxylation is 1. The molecule has 156 valence electrons. The molecule has 0 aliphatic carbocycles. The number of nitrogens with zero attached hydrogens (tertiary/aromatic N) is 3. The number of nitrogens with one attached hydrogen (secondary N) is 2. The SMILES string of the molecule is Cc1ccc(NC(=O)N(c2ccccc2)c2ccnc(N[C@@H](C)C(C)(C)O)n2)cc1. The first-order valence-electron chi connectivity index (χ1n) is 9.79. The molecule has 0 spiro atoms. The predicted molar refractivity (Wildman–Crippen MR) is 120 cm³/mol. The highest BCUT2D eigenvalue weighted by Crippen LogP contribution is 2.26. The summed E-state index contributed by atoms with van der Waals surface area (Å²) in [5, 5.41) is 16.2. The van der Waals surface area contributed by atoms with Crippen molar-refractivity contribution in [1.82, 2.24) is 9.97 Å². The fourth-order valence-corrected chi connectivity index (χ4v) is 2.66. The molecule has 0 radical (unpaired) electrons. The van der Waals surface area contributed by atoms with E-state index < -0.39 is 5.60 Å². The Morgan fingerprint density at radius 3 is 2.37 bits per heavy atom. The summed E-state index contributed by atoms with van der Waals surface area (Å²) in [5.74, 6) is 0.734. The highest BCUT2D eigenvalue weighted by molar-refractivity contribution is 6.06. The fourth-order valence-electron chi connectivity index (χ4n) is 2.66. The number of benzene rings is 2. The first-order chi connectivity index (χ1) is 14.2. The van der Waals surface area contributed by atoms with Gasteiger partial charge in [0.2, 0.25) is 5.95 Å². The summed E-state index contributed by atoms with van der Waals surface area (Å²) in [6.07, 6.45) is 1.58. The molecule has 3 N–H and O–H groups in total. The van der Waals surface area contributed by atoms with Gasteiger partial charge in [-0.2, -0.15) is 4.98 Å². The number of anilines is 4. The Bertz CT molecular complexity index is 984. The molecule has 1 atom stereocenters. The van der Waals surface area contributed by atoms with Crippen molar-refractivity contribution in [3.8, 4) is 0 Å². The van der Waals surface area contributed by atoms with Gasteiger partial charge < -0.3 is 15.7 Å². The lowest BCUT2D eigenvalue weighted by Gasteiger charge is -2.27. The van der Waals surface area contributed by atoms with Crippen molar-refractivity contribution in [2.45, 2.75) is 39.3 Å². The number of urea groups is 1. The summed E-state index contributed by atoms with van der Waals surface area (Å²) >= 11 is 0. The Kier molecular flexibility index (Phi) is 6.32. The zero-order chi connectivity index (χ0) is 21.7. The molecule has 1 heterocycles. The molecule has 2 aromatic carbocycles. The van der Waals surface area contributed by atoms with Gasteiger partial charge in [-0.3, -0.25) is 0 Å². The number of aromatic nitrogens is 2. The maximum absolute atomic E-state index is 13.2. The standard InChI is InChI=1S/C23H27N5O2/c1-16-10-12-18(13-11-16)26-22(29)28(19-8-6-5-7-9-19)20-14-15-24-21(27-20)25-17(2)23(3,4)30/h5-15,17,30H,1-4H3,(H,26,29)(H,24,25,27)/t17-/m0/s1. The average Bonchev–Trinajstić information content (AvgIpc) is 2.70. The van der Waals surface area contributed by atoms with Crippen LogP contribution in [0.5, 0.6) is 0 Å². The van der Waals surface area contributed by atoms with Crippen molar-refractivity contribution in [2.75, 3.05) is 15.5 Å². The summed E-state index contributed by atoms with van der Waals surface area (Å²) in [6, 6.07) is 17.9. The summed E-state index contributed by atoms with van der Waals surface area (Å²) < 4.78 is 0. The van der Waals surface area contributed by atoms with Crippen LogP contribution in [0.15, 0.2) is 66.9 Å². The number of carbonyl (C=O) groups is 1. The van der Waals surface area contributed by atoms with Crippen molar-refractivity contribution in [2.24, 2.45) is 0 Å². The van der Waals surface area contributed by atoms with Gasteiger partial charge in [0.15, 0.2) is 0 Å². The van der Waals surface area contributed by atoms with Gasteiger partial charge in [-0.25, -0.2) is 14.7 Å². The van der Waals surface area contributed by atoms with E-state index >= 15 is 0 Å². The second-order valence-corrected chi connectivity index (χ2v) is 7.73. The number of hydrogen-bond donors (Lipinski definition) is 3. The number of aliphatic hydroxyl groups is 1. The molecule has 7 heteroatoms. The number of para-hydroxylation sites is 1. The fraction of sp³-hybridized carbons (Fsp3) is 0.261. The lowest BCUT2D eigenvalue weighted by molar-refractivity contribution is 0.0646. The van der Waals surface area contributed by atoms with Crippen LogP contribution in [-0.4, -0.2) is 32.7 Å². The topological polar surface area (TPSA) is 90.4 Å². The quantitative estimate of drug-likeness (QED) is 0.552. The van der Waals surface area contributed by atoms with Crippen LogP contribution in [0.1, 0.15) is 26.3 Å². The molecule has 0 fully saturated rings. The van der Waals surface area contributed by atoms with Gasteiger partial charge in [-0.05, 0) is 52.0 Å². The van der Waals surface area contributed by atoms with E-state index in [0.29, 0.717) is 23.1 Å². The largest absolute Gasteiger partial charge is 0.388 e. The van der Waals surface area contributed by atoms with Crippen molar-refractivity contribution in [3.63, 3.8) is 0 Å². The normalized spacial score (nSPS) is 12.2. The summed E-state index contributed by atoms with van der Waals surface area (Å²) in [6.45, 7) is 7.25. The van der Waals surface area contributed by atoms with Crippen LogP contribution in [0.4, 0.5) is 27.9 Å². The molecule has 0 aliphatic heterocycles. The molecule has 0 saturated heterocycles. The third-order valence-corrected chi connectivity index (χ3v) is 4.80. The van der Waals surface area contributed by atoms with Crippen LogP contribution in [-0.2, 0) is 0 Å². The minimum absolute atomic E-state index is 0.292. The summed E-state index contributed by atoms with van der Waals surface area (Å²) in [5.41, 5.74) is 1.51. The Balaban J connectivity index is 1.92. The maximum Gasteiger partial charge on any atom is 0.332 e. The highest BCUT2D eigenvalue weighted by atomic mass is 16.3. The molecule has 2 amide bonds. The number of rotatable bonds is 6. The lowest BCUT2D eigenvalue weighted by atomic mass is 10.0. The lowest BCUT2D eigenvalue weighted by Crippen LogP contribution is -2.40. The van der Waals surface area contributed by atoms with Gasteiger partial charge in [-0.1, -0.05) is 35.9 Å². The Hall–Kier alpha value is -3.45. The van der Waals surface area contributed by atoms with E-state index in [-0.39, 0.29) is 12.1 Å². The second-order valence-electron chi connectivity index (χ2n) is 7.73. The van der Waals surface area contributed by atoms with E-state index in [1.807, 2.05) is 68.4 Å². The van der Waals surface area contributed by atoms with E-state index in [0.717, 1.165) is 5.56 Å². The number of hydrogen-bond acceptors (Lipinski definition) is 5. The van der Waals surface area contributed by atoms with Crippen LogP contribution in [0.25, 0.3) is 0 Å². The molecule has 0 saturated carbocycles. The zero-order valence-electron chi connectivity index (χ0n) is 17.6. The number of amides is 2. The first-order valence-corrected chi connectivity index (χ1v) is 9.79. The molecular weight excluding hydrogens is 378 g/mol. The van der Waals surface area contributed by atoms with E-state index in [9.17, 15) is 9.90 Å². The molecule has 3 aromatic rings. The predicted octanol–water partition coefficient (Wildman–Crippen LogP) is 4.73. The molecular formula is C23H27N5O2. The third kappa shape index (κ3) is 5.33. The molecule has 0 unspecified atom stereocenters. The van der Waals surface area contributed by atoms with Crippen LogP contribution in [0.2, 0.25) is 0 Å². The minimum Gasteiger partial charge on any atom is -0.388 e. The van der Waals surface area contributed by atoms with Crippen LogP contribution in [0.3, 0.4) is 0 Å². The van der Waals surface area contributed by atoms with Gasteiger partial charge in [0.05, 0.1) is 17.3 Å². The van der Waals surface area contributed by atoms with Crippen molar-refractivity contribution in [3.05, 3.63) is 72.4 Å². The molecule has 0 aliphatic rings. The Morgan fingerprint density at radius 1 is 1.07 bits per heavy atom. The maximum atomic E-state index is 13.2. The number of carbonyl (C=O) groups excluding carboxylic acids is 1. The van der Waals surface area contributed by atoms with Gasteiger partial charge in [0.1, 0.15) is 5.82 Å². The molecule has 30 heavy (non-hydrogen) atoms.